The molecule has 0 saturated carbocycles. The molecule has 12 rings (SSSR count). The molecule has 4 nitrogen and oxygen atoms in total. The van der Waals surface area contributed by atoms with Gasteiger partial charge in [0.25, 0.3) is 0 Å². The minimum Gasteiger partial charge on any atom is -0.457 e. The lowest BCUT2D eigenvalue weighted by atomic mass is 9.66. The predicted octanol–water partition coefficient (Wildman–Crippen LogP) is 13.0. The second-order valence-corrected chi connectivity index (χ2v) is 14.9. The topological polar surface area (TPSA) is 39.9 Å². The molecule has 10 aromatic rings. The van der Waals surface area contributed by atoms with Crippen molar-refractivity contribution in [3.05, 3.63) is 222 Å². The molecule has 0 bridgehead atoms. The Bertz CT molecular complexity index is 3120. The van der Waals surface area contributed by atoms with Crippen molar-refractivity contribution in [2.45, 2.75) is 5.41 Å². The number of para-hydroxylation sites is 4. The molecule has 3 heterocycles. The molecule has 1 aliphatic heterocycles. The zero-order valence-corrected chi connectivity index (χ0v) is 30.8. The fraction of sp³-hybridized carbons (Fsp3) is 0.0189. The summed E-state index contributed by atoms with van der Waals surface area (Å²) in [6.45, 7) is 0. The van der Waals surface area contributed by atoms with E-state index >= 15 is 0 Å². The Balaban J connectivity index is 1.07. The first-order valence-corrected chi connectivity index (χ1v) is 19.4. The number of fused-ring (bicyclic) bond motifs is 12. The summed E-state index contributed by atoms with van der Waals surface area (Å²) in [5.74, 6) is 2.45. The zero-order chi connectivity index (χ0) is 37.5. The van der Waals surface area contributed by atoms with Gasteiger partial charge in [-0.15, -0.1) is 0 Å². The smallest absolute Gasteiger partial charge is 0.160 e. The summed E-state index contributed by atoms with van der Waals surface area (Å²) >= 11 is 0. The molecular weight excluding hydrogens is 695 g/mol. The van der Waals surface area contributed by atoms with Crippen molar-refractivity contribution in [2.75, 3.05) is 0 Å². The van der Waals surface area contributed by atoms with Gasteiger partial charge in [0.1, 0.15) is 11.5 Å². The molecule has 0 saturated heterocycles. The quantitative estimate of drug-likeness (QED) is 0.181. The van der Waals surface area contributed by atoms with E-state index < -0.39 is 5.41 Å². The Morgan fingerprint density at radius 3 is 1.65 bits per heavy atom. The molecule has 1 spiro atoms. The largest absolute Gasteiger partial charge is 0.457 e. The normalized spacial score (nSPS) is 13.2. The molecule has 4 heteroatoms. The Morgan fingerprint density at radius 1 is 0.404 bits per heavy atom. The summed E-state index contributed by atoms with van der Waals surface area (Å²) in [5, 5.41) is 2.49. The van der Waals surface area contributed by atoms with Crippen LogP contribution in [-0.4, -0.2) is 14.5 Å². The number of ether oxygens (including phenoxy) is 1. The van der Waals surface area contributed by atoms with Crippen LogP contribution >= 0.6 is 0 Å². The minimum atomic E-state index is -0.561. The average molecular weight is 728 g/mol. The van der Waals surface area contributed by atoms with Gasteiger partial charge in [0, 0.05) is 44.3 Å². The van der Waals surface area contributed by atoms with Crippen molar-refractivity contribution >= 4 is 21.8 Å². The SMILES string of the molecule is c1ccc(-c2nc(-c3ccc(-n4c5ccccc5c5ccccc54)cc3)cc(-c3cccc4c3-c3ccccc3C43c4ccccc4Oc4ccccc43)n2)cc1. The maximum atomic E-state index is 6.59. The second kappa shape index (κ2) is 12.2. The minimum absolute atomic E-state index is 0.561. The molecule has 0 fully saturated rings. The molecular formula is C53H33N3O. The van der Waals surface area contributed by atoms with Gasteiger partial charge in [-0.3, -0.25) is 0 Å². The van der Waals surface area contributed by atoms with Crippen LogP contribution in [0.3, 0.4) is 0 Å². The van der Waals surface area contributed by atoms with Gasteiger partial charge in [-0.1, -0.05) is 158 Å². The van der Waals surface area contributed by atoms with Crippen LogP contribution < -0.4 is 4.74 Å². The first-order chi connectivity index (χ1) is 28.3. The van der Waals surface area contributed by atoms with Crippen molar-refractivity contribution in [3.8, 4) is 62.2 Å². The maximum Gasteiger partial charge on any atom is 0.160 e. The van der Waals surface area contributed by atoms with E-state index in [1.165, 1.54) is 44.1 Å². The predicted molar refractivity (Wildman–Crippen MR) is 230 cm³/mol. The van der Waals surface area contributed by atoms with E-state index in [0.29, 0.717) is 5.82 Å². The third kappa shape index (κ3) is 4.56. The van der Waals surface area contributed by atoms with Gasteiger partial charge >= 0.3 is 0 Å². The summed E-state index contributed by atoms with van der Waals surface area (Å²) in [7, 11) is 0. The molecule has 0 N–H and O–H groups in total. The van der Waals surface area contributed by atoms with E-state index in [4.69, 9.17) is 14.7 Å². The van der Waals surface area contributed by atoms with Crippen LogP contribution in [-0.2, 0) is 5.41 Å². The summed E-state index contributed by atoms with van der Waals surface area (Å²) in [6, 6.07) is 71.1. The summed E-state index contributed by atoms with van der Waals surface area (Å²) < 4.78 is 8.94. The van der Waals surface area contributed by atoms with E-state index in [9.17, 15) is 0 Å². The van der Waals surface area contributed by atoms with Crippen LogP contribution in [0.1, 0.15) is 22.3 Å². The fourth-order valence-electron chi connectivity index (χ4n) is 9.55. The number of hydrogen-bond donors (Lipinski definition) is 0. The van der Waals surface area contributed by atoms with Crippen molar-refractivity contribution in [1.29, 1.82) is 0 Å². The first kappa shape index (κ1) is 31.8. The van der Waals surface area contributed by atoms with Crippen LogP contribution in [0.2, 0.25) is 0 Å². The summed E-state index contributed by atoms with van der Waals surface area (Å²) in [6.07, 6.45) is 0. The van der Waals surface area contributed by atoms with E-state index in [2.05, 4.69) is 187 Å². The number of hydrogen-bond acceptors (Lipinski definition) is 3. The molecule has 266 valence electrons. The van der Waals surface area contributed by atoms with E-state index in [-0.39, 0.29) is 0 Å². The van der Waals surface area contributed by atoms with Gasteiger partial charge in [0.05, 0.1) is 27.8 Å². The van der Waals surface area contributed by atoms with Crippen LogP contribution in [0.5, 0.6) is 11.5 Å². The van der Waals surface area contributed by atoms with Crippen LogP contribution in [0.4, 0.5) is 0 Å². The Morgan fingerprint density at radius 2 is 0.947 bits per heavy atom. The van der Waals surface area contributed by atoms with Crippen LogP contribution in [0, 0.1) is 0 Å². The molecule has 1 aliphatic carbocycles. The molecule has 2 aromatic heterocycles. The molecule has 0 unspecified atom stereocenters. The zero-order valence-electron chi connectivity index (χ0n) is 30.8. The van der Waals surface area contributed by atoms with Gasteiger partial charge < -0.3 is 9.30 Å². The second-order valence-electron chi connectivity index (χ2n) is 14.9. The van der Waals surface area contributed by atoms with Crippen molar-refractivity contribution in [2.24, 2.45) is 0 Å². The fourth-order valence-corrected chi connectivity index (χ4v) is 9.55. The van der Waals surface area contributed by atoms with Crippen molar-refractivity contribution < 1.29 is 4.74 Å². The lowest BCUT2D eigenvalue weighted by Gasteiger charge is -2.39. The Kier molecular flexibility index (Phi) is 6.81. The number of nitrogens with zero attached hydrogens (tertiary/aromatic N) is 3. The lowest BCUT2D eigenvalue weighted by molar-refractivity contribution is 0.436. The summed E-state index contributed by atoms with van der Waals surface area (Å²) in [4.78, 5) is 10.6. The molecule has 2 aliphatic rings. The van der Waals surface area contributed by atoms with Gasteiger partial charge in [-0.2, -0.15) is 0 Å². The number of rotatable bonds is 4. The third-order valence-electron chi connectivity index (χ3n) is 11.9. The maximum absolute atomic E-state index is 6.59. The van der Waals surface area contributed by atoms with Crippen molar-refractivity contribution in [3.63, 3.8) is 0 Å². The highest BCUT2D eigenvalue weighted by Gasteiger charge is 2.51. The van der Waals surface area contributed by atoms with Gasteiger partial charge in [-0.25, -0.2) is 9.97 Å². The number of aromatic nitrogens is 3. The van der Waals surface area contributed by atoms with Gasteiger partial charge in [0.15, 0.2) is 5.82 Å². The van der Waals surface area contributed by atoms with Crippen LogP contribution in [0.15, 0.2) is 200 Å². The standard InChI is InChI=1S/C53H33N3O/c1-2-15-35(16-3-1)52-54-45(34-29-31-36(32-30-34)56-47-25-10-5-17-37(47)38-18-6-11-26-48(38)56)33-46(55-52)40-20-14-24-44-51(40)39-19-4-7-21-41(39)53(44)42-22-8-12-27-49(42)57-50-28-13-9-23-43(50)53/h1-33H. The Labute approximate surface area is 330 Å². The molecule has 57 heavy (non-hydrogen) atoms. The average Bonchev–Trinajstić information content (AvgIpc) is 3.78. The monoisotopic (exact) mass is 727 g/mol. The third-order valence-corrected chi connectivity index (χ3v) is 11.9. The highest BCUT2D eigenvalue weighted by molar-refractivity contribution is 6.09. The van der Waals surface area contributed by atoms with E-state index in [0.717, 1.165) is 56.4 Å². The van der Waals surface area contributed by atoms with E-state index in [1.807, 2.05) is 18.2 Å². The highest BCUT2D eigenvalue weighted by Crippen LogP contribution is 2.63. The van der Waals surface area contributed by atoms with Gasteiger partial charge in [0.2, 0.25) is 0 Å². The van der Waals surface area contributed by atoms with Crippen molar-refractivity contribution in [1.82, 2.24) is 14.5 Å². The molecule has 0 atom stereocenters. The molecule has 0 amide bonds. The van der Waals surface area contributed by atoms with E-state index in [1.54, 1.807) is 0 Å². The molecule has 0 radical (unpaired) electrons. The molecule has 8 aromatic carbocycles. The Hall–Kier alpha value is -7.56. The lowest BCUT2D eigenvalue weighted by Crippen LogP contribution is -2.32. The van der Waals surface area contributed by atoms with Crippen LogP contribution in [0.25, 0.3) is 72.5 Å². The highest BCUT2D eigenvalue weighted by atomic mass is 16.5. The number of benzene rings is 8. The first-order valence-electron chi connectivity index (χ1n) is 19.4. The van der Waals surface area contributed by atoms with Gasteiger partial charge in [-0.05, 0) is 64.7 Å². The summed E-state index contributed by atoms with van der Waals surface area (Å²) in [5.41, 5.74) is 14.9.